The highest BCUT2D eigenvalue weighted by atomic mass is 32.2. The lowest BCUT2D eigenvalue weighted by Crippen LogP contribution is -2.18. The molecule has 10 heteroatoms. The normalized spacial score (nSPS) is 10.8. The van der Waals surface area contributed by atoms with Crippen molar-refractivity contribution in [3.8, 4) is 6.07 Å². The van der Waals surface area contributed by atoms with Gasteiger partial charge in [0, 0.05) is 12.2 Å². The van der Waals surface area contributed by atoms with Crippen molar-refractivity contribution >= 4 is 46.6 Å². The molecule has 0 saturated carbocycles. The van der Waals surface area contributed by atoms with Gasteiger partial charge in [0.1, 0.15) is 17.7 Å². The standard InChI is InChI=1S/C20H20FN5OS3/c1-4-28-19-24-25-20(30-19)29-11-17(27)23-18-16(9-22)12(2)13(3)26(18)10-14-5-7-15(21)8-6-14/h5-8H,4,10-11H2,1-3H3,(H,23,27). The molecule has 0 bridgehead atoms. The monoisotopic (exact) mass is 461 g/mol. The molecular weight excluding hydrogens is 441 g/mol. The summed E-state index contributed by atoms with van der Waals surface area (Å²) in [6.07, 6.45) is 0. The van der Waals surface area contributed by atoms with Crippen LogP contribution in [-0.2, 0) is 11.3 Å². The Morgan fingerprint density at radius 3 is 2.53 bits per heavy atom. The van der Waals surface area contributed by atoms with Gasteiger partial charge in [-0.25, -0.2) is 4.39 Å². The first-order valence-corrected chi connectivity index (χ1v) is 11.9. The Labute approximate surface area is 186 Å². The van der Waals surface area contributed by atoms with Crippen molar-refractivity contribution < 1.29 is 9.18 Å². The van der Waals surface area contributed by atoms with Gasteiger partial charge in [-0.1, -0.05) is 53.9 Å². The van der Waals surface area contributed by atoms with Crippen LogP contribution in [0.1, 0.15) is 29.3 Å². The average Bonchev–Trinajstić information content (AvgIpc) is 3.26. The Balaban J connectivity index is 1.76. The fraction of sp³-hybridized carbons (Fsp3) is 0.300. The minimum Gasteiger partial charge on any atom is -0.326 e. The van der Waals surface area contributed by atoms with Crippen LogP contribution in [0.15, 0.2) is 32.9 Å². The number of aromatic nitrogens is 3. The smallest absolute Gasteiger partial charge is 0.235 e. The molecule has 0 radical (unpaired) electrons. The third-order valence-electron chi connectivity index (χ3n) is 4.44. The van der Waals surface area contributed by atoms with Gasteiger partial charge in [0.15, 0.2) is 8.68 Å². The van der Waals surface area contributed by atoms with E-state index in [1.54, 1.807) is 23.9 Å². The number of rotatable bonds is 8. The Morgan fingerprint density at radius 1 is 1.23 bits per heavy atom. The van der Waals surface area contributed by atoms with E-state index in [-0.39, 0.29) is 17.5 Å². The summed E-state index contributed by atoms with van der Waals surface area (Å²) in [5, 5.41) is 20.7. The van der Waals surface area contributed by atoms with Crippen LogP contribution in [0, 0.1) is 31.0 Å². The van der Waals surface area contributed by atoms with Crippen LogP contribution in [-0.4, -0.2) is 32.2 Å². The predicted octanol–water partition coefficient (Wildman–Crippen LogP) is 4.86. The molecule has 0 aliphatic rings. The second kappa shape index (κ2) is 10.1. The van der Waals surface area contributed by atoms with Crippen LogP contribution < -0.4 is 5.32 Å². The number of thioether (sulfide) groups is 2. The molecule has 3 rings (SSSR count). The molecule has 0 spiro atoms. The lowest BCUT2D eigenvalue weighted by atomic mass is 10.2. The van der Waals surface area contributed by atoms with E-state index in [9.17, 15) is 14.4 Å². The van der Waals surface area contributed by atoms with Gasteiger partial charge in [0.25, 0.3) is 0 Å². The van der Waals surface area contributed by atoms with Crippen LogP contribution in [0.5, 0.6) is 0 Å². The molecule has 0 fully saturated rings. The molecule has 156 valence electrons. The summed E-state index contributed by atoms with van der Waals surface area (Å²) in [4.78, 5) is 12.6. The SMILES string of the molecule is CCSc1nnc(SCC(=O)Nc2c(C#N)c(C)c(C)n2Cc2ccc(F)cc2)s1. The van der Waals surface area contributed by atoms with E-state index < -0.39 is 0 Å². The first-order chi connectivity index (χ1) is 14.4. The minimum atomic E-state index is -0.306. The summed E-state index contributed by atoms with van der Waals surface area (Å²) in [6.45, 7) is 6.22. The molecule has 1 N–H and O–H groups in total. The number of hydrogen-bond donors (Lipinski definition) is 1. The van der Waals surface area contributed by atoms with Crippen LogP contribution in [0.3, 0.4) is 0 Å². The van der Waals surface area contributed by atoms with Gasteiger partial charge < -0.3 is 9.88 Å². The second-order valence-corrected chi connectivity index (χ2v) is 10.1. The molecule has 0 aliphatic heterocycles. The van der Waals surface area contributed by atoms with Gasteiger partial charge in [-0.3, -0.25) is 4.79 Å². The Hall–Kier alpha value is -2.35. The van der Waals surface area contributed by atoms with Gasteiger partial charge in [0.2, 0.25) is 5.91 Å². The molecule has 0 atom stereocenters. The van der Waals surface area contributed by atoms with Gasteiger partial charge >= 0.3 is 0 Å². The molecule has 30 heavy (non-hydrogen) atoms. The van der Waals surface area contributed by atoms with E-state index in [4.69, 9.17) is 0 Å². The van der Waals surface area contributed by atoms with Gasteiger partial charge in [0.05, 0.1) is 11.3 Å². The summed E-state index contributed by atoms with van der Waals surface area (Å²) in [7, 11) is 0. The number of benzene rings is 1. The van der Waals surface area contributed by atoms with Crippen LogP contribution >= 0.6 is 34.9 Å². The van der Waals surface area contributed by atoms with Gasteiger partial charge in [-0.05, 0) is 42.9 Å². The number of nitrogens with zero attached hydrogens (tertiary/aromatic N) is 4. The Morgan fingerprint density at radius 2 is 1.90 bits per heavy atom. The van der Waals surface area contributed by atoms with E-state index >= 15 is 0 Å². The molecule has 0 saturated heterocycles. The summed E-state index contributed by atoms with van der Waals surface area (Å²) in [5.74, 6) is 1.01. The van der Waals surface area contributed by atoms with Crippen molar-refractivity contribution in [1.29, 1.82) is 5.26 Å². The summed E-state index contributed by atoms with van der Waals surface area (Å²) in [6, 6.07) is 8.37. The quantitative estimate of drug-likeness (QED) is 0.483. The maximum atomic E-state index is 13.2. The van der Waals surface area contributed by atoms with Crippen molar-refractivity contribution in [1.82, 2.24) is 14.8 Å². The van der Waals surface area contributed by atoms with Crippen molar-refractivity contribution in [2.24, 2.45) is 0 Å². The third-order valence-corrected chi connectivity index (χ3v) is 7.51. The fourth-order valence-electron chi connectivity index (χ4n) is 2.83. The van der Waals surface area contributed by atoms with E-state index in [2.05, 4.69) is 21.6 Å². The highest BCUT2D eigenvalue weighted by Gasteiger charge is 2.20. The number of amides is 1. The molecule has 1 aromatic carbocycles. The van der Waals surface area contributed by atoms with Crippen LogP contribution in [0.2, 0.25) is 0 Å². The number of halogens is 1. The number of carbonyl (C=O) groups is 1. The zero-order valence-electron chi connectivity index (χ0n) is 16.7. The van der Waals surface area contributed by atoms with Crippen molar-refractivity contribution in [3.05, 3.63) is 52.5 Å². The van der Waals surface area contributed by atoms with Crippen molar-refractivity contribution in [2.75, 3.05) is 16.8 Å². The molecule has 2 heterocycles. The fourth-order valence-corrected chi connectivity index (χ4v) is 5.55. The second-order valence-electron chi connectivity index (χ2n) is 6.36. The third kappa shape index (κ3) is 5.22. The number of hydrogen-bond acceptors (Lipinski definition) is 7. The number of nitriles is 1. The molecular formula is C20H20FN5OS3. The van der Waals surface area contributed by atoms with E-state index in [1.807, 2.05) is 25.3 Å². The molecule has 0 unspecified atom stereocenters. The van der Waals surface area contributed by atoms with E-state index in [0.717, 1.165) is 31.3 Å². The molecule has 6 nitrogen and oxygen atoms in total. The summed E-state index contributed by atoms with van der Waals surface area (Å²) < 4.78 is 16.7. The molecule has 3 aromatic rings. The average molecular weight is 462 g/mol. The highest BCUT2D eigenvalue weighted by Crippen LogP contribution is 2.30. The maximum Gasteiger partial charge on any atom is 0.235 e. The Bertz CT molecular complexity index is 1090. The van der Waals surface area contributed by atoms with E-state index in [0.29, 0.717) is 17.9 Å². The number of anilines is 1. The van der Waals surface area contributed by atoms with Crippen molar-refractivity contribution in [3.63, 3.8) is 0 Å². The summed E-state index contributed by atoms with van der Waals surface area (Å²) >= 11 is 4.39. The number of carbonyl (C=O) groups excluding carboxylic acids is 1. The minimum absolute atomic E-state index is 0.163. The molecule has 1 amide bonds. The van der Waals surface area contributed by atoms with Gasteiger partial charge in [-0.15, -0.1) is 10.2 Å². The maximum absolute atomic E-state index is 13.2. The molecule has 0 aliphatic carbocycles. The predicted molar refractivity (Wildman–Crippen MR) is 120 cm³/mol. The first kappa shape index (κ1) is 22.3. The lowest BCUT2D eigenvalue weighted by molar-refractivity contribution is -0.113. The van der Waals surface area contributed by atoms with E-state index in [1.165, 1.54) is 35.2 Å². The molecule has 2 aromatic heterocycles. The van der Waals surface area contributed by atoms with Gasteiger partial charge in [-0.2, -0.15) is 5.26 Å². The topological polar surface area (TPSA) is 83.6 Å². The zero-order chi connectivity index (χ0) is 21.7. The van der Waals surface area contributed by atoms with Crippen molar-refractivity contribution in [2.45, 2.75) is 36.0 Å². The summed E-state index contributed by atoms with van der Waals surface area (Å²) in [5.41, 5.74) is 3.00. The zero-order valence-corrected chi connectivity index (χ0v) is 19.2. The van der Waals surface area contributed by atoms with Crippen LogP contribution in [0.4, 0.5) is 10.2 Å². The Kier molecular flexibility index (Phi) is 7.53. The largest absolute Gasteiger partial charge is 0.326 e. The lowest BCUT2D eigenvalue weighted by Gasteiger charge is -2.13. The highest BCUT2D eigenvalue weighted by molar-refractivity contribution is 8.03. The number of nitrogens with one attached hydrogen (secondary N) is 1. The first-order valence-electron chi connectivity index (χ1n) is 9.16. The van der Waals surface area contributed by atoms with Crippen LogP contribution in [0.25, 0.3) is 0 Å².